The van der Waals surface area contributed by atoms with Gasteiger partial charge in [-0.25, -0.2) is 0 Å². The summed E-state index contributed by atoms with van der Waals surface area (Å²) in [5.74, 6) is 1.77. The van der Waals surface area contributed by atoms with Crippen molar-refractivity contribution in [2.75, 3.05) is 14.1 Å². The maximum Gasteiger partial charge on any atom is 0.191 e. The van der Waals surface area contributed by atoms with Crippen LogP contribution >= 0.6 is 11.8 Å². The molecule has 0 N–H and O–H groups in total. The Labute approximate surface area is 155 Å². The third-order valence-electron chi connectivity index (χ3n) is 4.28. The van der Waals surface area contributed by atoms with Gasteiger partial charge in [0.1, 0.15) is 0 Å². The van der Waals surface area contributed by atoms with Crippen LogP contribution < -0.4 is 0 Å². The van der Waals surface area contributed by atoms with E-state index in [1.807, 2.05) is 24.3 Å². The Balaban J connectivity index is 2.25. The van der Waals surface area contributed by atoms with Gasteiger partial charge in [0, 0.05) is 12.3 Å². The van der Waals surface area contributed by atoms with Gasteiger partial charge >= 0.3 is 0 Å². The predicted molar refractivity (Wildman–Crippen MR) is 102 cm³/mol. The van der Waals surface area contributed by atoms with Crippen LogP contribution in [0.1, 0.15) is 56.1 Å². The highest BCUT2D eigenvalue weighted by Gasteiger charge is 2.21. The van der Waals surface area contributed by atoms with E-state index < -0.39 is 0 Å². The van der Waals surface area contributed by atoms with Crippen LogP contribution in [0.2, 0.25) is 0 Å². The molecule has 2 rings (SSSR count). The number of hydrogen-bond donors (Lipinski definition) is 0. The third-order valence-corrected chi connectivity index (χ3v) is 5.30. The highest BCUT2D eigenvalue weighted by atomic mass is 32.2. The van der Waals surface area contributed by atoms with Crippen molar-refractivity contribution in [3.8, 4) is 6.07 Å². The fourth-order valence-electron chi connectivity index (χ4n) is 2.86. The molecule has 0 spiro atoms. The van der Waals surface area contributed by atoms with Crippen molar-refractivity contribution in [3.63, 3.8) is 0 Å². The highest BCUT2D eigenvalue weighted by Crippen LogP contribution is 2.28. The molecule has 0 amide bonds. The molecule has 0 bridgehead atoms. The number of thioether (sulfide) groups is 1. The van der Waals surface area contributed by atoms with Gasteiger partial charge in [0.25, 0.3) is 0 Å². The summed E-state index contributed by atoms with van der Waals surface area (Å²) in [7, 11) is 4.17. The van der Waals surface area contributed by atoms with Gasteiger partial charge in [-0.2, -0.15) is 5.26 Å². The lowest BCUT2D eigenvalue weighted by Gasteiger charge is -2.23. The summed E-state index contributed by atoms with van der Waals surface area (Å²) in [6, 6.07) is 10.3. The van der Waals surface area contributed by atoms with E-state index in [1.54, 1.807) is 11.8 Å². The number of rotatable bonds is 9. The third kappa shape index (κ3) is 4.83. The quantitative estimate of drug-likeness (QED) is 0.628. The molecule has 134 valence electrons. The second-order valence-electron chi connectivity index (χ2n) is 6.29. The van der Waals surface area contributed by atoms with Crippen LogP contribution in [-0.4, -0.2) is 33.8 Å². The molecule has 0 unspecified atom stereocenters. The number of unbranched alkanes of at least 4 members (excludes halogenated alkanes) is 1. The van der Waals surface area contributed by atoms with Crippen molar-refractivity contribution < 1.29 is 0 Å². The van der Waals surface area contributed by atoms with Crippen molar-refractivity contribution in [2.45, 2.75) is 56.6 Å². The minimum atomic E-state index is 0.269. The Morgan fingerprint density at radius 3 is 2.64 bits per heavy atom. The van der Waals surface area contributed by atoms with Crippen molar-refractivity contribution in [1.29, 1.82) is 5.26 Å². The van der Waals surface area contributed by atoms with Gasteiger partial charge in [-0.15, -0.1) is 10.2 Å². The Kier molecular flexibility index (Phi) is 7.48. The van der Waals surface area contributed by atoms with Crippen LogP contribution in [0.5, 0.6) is 0 Å². The van der Waals surface area contributed by atoms with Crippen LogP contribution in [0.15, 0.2) is 29.4 Å². The number of nitriles is 1. The van der Waals surface area contributed by atoms with E-state index in [-0.39, 0.29) is 6.04 Å². The van der Waals surface area contributed by atoms with Crippen LogP contribution in [-0.2, 0) is 12.3 Å². The van der Waals surface area contributed by atoms with Crippen LogP contribution in [0.25, 0.3) is 0 Å². The molecule has 0 saturated heterocycles. The number of nitrogens with zero attached hydrogens (tertiary/aromatic N) is 5. The topological polar surface area (TPSA) is 57.7 Å². The lowest BCUT2D eigenvalue weighted by Crippen LogP contribution is -2.23. The van der Waals surface area contributed by atoms with E-state index in [0.717, 1.165) is 53.7 Å². The maximum atomic E-state index is 9.26. The molecule has 2 aromatic rings. The minimum absolute atomic E-state index is 0.269. The van der Waals surface area contributed by atoms with Crippen LogP contribution in [0.3, 0.4) is 0 Å². The summed E-state index contributed by atoms with van der Waals surface area (Å²) in [5, 5.41) is 19.2. The molecule has 25 heavy (non-hydrogen) atoms. The second kappa shape index (κ2) is 9.59. The molecule has 0 aliphatic rings. The standard InChI is InChI=1S/C19H27N5S/c1-5-7-12-24-18(17(6-2)23(3)4)21-22-19(24)25-14-16-11-9-8-10-15(16)13-20/h8-11,17H,5-7,12,14H2,1-4H3/t17-/m0/s1. The van der Waals surface area contributed by atoms with Gasteiger partial charge in [0.2, 0.25) is 0 Å². The molecule has 6 heteroatoms. The normalized spacial score (nSPS) is 12.3. The van der Waals surface area contributed by atoms with Crippen molar-refractivity contribution >= 4 is 11.8 Å². The van der Waals surface area contributed by atoms with Gasteiger partial charge in [-0.3, -0.25) is 4.90 Å². The van der Waals surface area contributed by atoms with Crippen molar-refractivity contribution in [2.24, 2.45) is 0 Å². The molecule has 0 fully saturated rings. The summed E-state index contributed by atoms with van der Waals surface area (Å²) in [6.07, 6.45) is 3.24. The monoisotopic (exact) mass is 357 g/mol. The Bertz CT molecular complexity index is 717. The first-order valence-corrected chi connectivity index (χ1v) is 9.81. The Hall–Kier alpha value is -1.84. The molecule has 1 aromatic heterocycles. The first-order chi connectivity index (χ1) is 12.1. The number of hydrogen-bond acceptors (Lipinski definition) is 5. The Morgan fingerprint density at radius 2 is 2.00 bits per heavy atom. The van der Waals surface area contributed by atoms with Crippen LogP contribution in [0.4, 0.5) is 0 Å². The average molecular weight is 358 g/mol. The zero-order valence-corrected chi connectivity index (χ0v) is 16.4. The van der Waals surface area contributed by atoms with Crippen molar-refractivity contribution in [1.82, 2.24) is 19.7 Å². The molecule has 1 aromatic carbocycles. The van der Waals surface area contributed by atoms with E-state index in [2.05, 4.69) is 53.7 Å². The first-order valence-electron chi connectivity index (χ1n) is 8.82. The lowest BCUT2D eigenvalue weighted by atomic mass is 10.1. The van der Waals surface area contributed by atoms with Gasteiger partial charge in [-0.1, -0.05) is 50.2 Å². The second-order valence-corrected chi connectivity index (χ2v) is 7.23. The lowest BCUT2D eigenvalue weighted by molar-refractivity contribution is 0.270. The zero-order chi connectivity index (χ0) is 18.2. The Morgan fingerprint density at radius 1 is 1.24 bits per heavy atom. The maximum absolute atomic E-state index is 9.26. The molecular formula is C19H27N5S. The largest absolute Gasteiger partial charge is 0.305 e. The number of benzene rings is 1. The number of aromatic nitrogens is 3. The molecule has 0 radical (unpaired) electrons. The molecule has 1 atom stereocenters. The van der Waals surface area contributed by atoms with Gasteiger partial charge in [-0.05, 0) is 38.6 Å². The molecule has 0 saturated carbocycles. The fraction of sp³-hybridized carbons (Fsp3) is 0.526. The van der Waals surface area contributed by atoms with E-state index >= 15 is 0 Å². The predicted octanol–water partition coefficient (Wildman–Crippen LogP) is 4.25. The molecule has 1 heterocycles. The van der Waals surface area contributed by atoms with Gasteiger partial charge < -0.3 is 4.57 Å². The summed E-state index contributed by atoms with van der Waals surface area (Å²) in [4.78, 5) is 2.20. The summed E-state index contributed by atoms with van der Waals surface area (Å²) >= 11 is 1.66. The fourth-order valence-corrected chi connectivity index (χ4v) is 3.83. The minimum Gasteiger partial charge on any atom is -0.305 e. The van der Waals surface area contributed by atoms with E-state index in [1.165, 1.54) is 0 Å². The van der Waals surface area contributed by atoms with E-state index in [9.17, 15) is 5.26 Å². The SMILES string of the molecule is CCCCn1c(SCc2ccccc2C#N)nnc1[C@H](CC)N(C)C. The zero-order valence-electron chi connectivity index (χ0n) is 15.6. The van der Waals surface area contributed by atoms with Crippen molar-refractivity contribution in [3.05, 3.63) is 41.2 Å². The highest BCUT2D eigenvalue weighted by molar-refractivity contribution is 7.98. The summed E-state index contributed by atoms with van der Waals surface area (Å²) in [5.41, 5.74) is 1.77. The summed E-state index contributed by atoms with van der Waals surface area (Å²) in [6.45, 7) is 5.31. The molecule has 0 aliphatic heterocycles. The molecule has 5 nitrogen and oxygen atoms in total. The smallest absolute Gasteiger partial charge is 0.191 e. The van der Waals surface area contributed by atoms with E-state index in [4.69, 9.17) is 0 Å². The van der Waals surface area contributed by atoms with Gasteiger partial charge in [0.15, 0.2) is 11.0 Å². The molecule has 0 aliphatic carbocycles. The van der Waals surface area contributed by atoms with E-state index in [0.29, 0.717) is 0 Å². The summed E-state index contributed by atoms with van der Waals surface area (Å²) < 4.78 is 2.26. The average Bonchev–Trinajstić information content (AvgIpc) is 3.01. The van der Waals surface area contributed by atoms with Crippen LogP contribution in [0, 0.1) is 11.3 Å². The molecular weight excluding hydrogens is 330 g/mol. The van der Waals surface area contributed by atoms with Gasteiger partial charge in [0.05, 0.1) is 17.7 Å². The first kappa shape index (κ1) is 19.5.